The number of hydrogen-bond acceptors (Lipinski definition) is 5. The summed E-state index contributed by atoms with van der Waals surface area (Å²) in [5, 5.41) is 0. The van der Waals surface area contributed by atoms with E-state index in [1.54, 1.807) is 30.3 Å². The molecule has 0 radical (unpaired) electrons. The number of ether oxygens (including phenoxy) is 2. The fourth-order valence-corrected chi connectivity index (χ4v) is 1.90. The summed E-state index contributed by atoms with van der Waals surface area (Å²) in [6.07, 6.45) is 1.39. The summed E-state index contributed by atoms with van der Waals surface area (Å²) in [5.74, 6) is -1.36. The molecular formula is C14H10O5. The highest BCUT2D eigenvalue weighted by molar-refractivity contribution is 6.11. The van der Waals surface area contributed by atoms with Crippen molar-refractivity contribution >= 4 is 11.8 Å². The van der Waals surface area contributed by atoms with Gasteiger partial charge in [0.15, 0.2) is 11.7 Å². The average molecular weight is 258 g/mol. The first-order valence-corrected chi connectivity index (χ1v) is 5.77. The van der Waals surface area contributed by atoms with Gasteiger partial charge in [0, 0.05) is 6.07 Å². The third-order valence-corrected chi connectivity index (χ3v) is 2.86. The standard InChI is InChI=1S/C14H10O5/c15-13-9-4-1-2-5-11(9)18-8-10(13)14(16)19-12-6-3-7-17-12/h1-7,10H,8H2. The molecule has 2 heterocycles. The van der Waals surface area contributed by atoms with E-state index >= 15 is 0 Å². The lowest BCUT2D eigenvalue weighted by Gasteiger charge is -2.22. The molecule has 1 atom stereocenters. The molecule has 1 aromatic heterocycles. The zero-order chi connectivity index (χ0) is 13.2. The van der Waals surface area contributed by atoms with Crippen LogP contribution in [0.3, 0.4) is 0 Å². The molecule has 2 aromatic rings. The SMILES string of the molecule is O=C(Oc1ccco1)C1COc2ccccc2C1=O. The zero-order valence-electron chi connectivity index (χ0n) is 9.87. The molecule has 0 saturated heterocycles. The molecule has 0 fully saturated rings. The molecule has 1 unspecified atom stereocenters. The van der Waals surface area contributed by atoms with Crippen LogP contribution in [0.15, 0.2) is 47.1 Å². The number of carbonyl (C=O) groups excluding carboxylic acids is 2. The van der Waals surface area contributed by atoms with Gasteiger partial charge in [-0.15, -0.1) is 0 Å². The Bertz CT molecular complexity index is 615. The fourth-order valence-electron chi connectivity index (χ4n) is 1.90. The van der Waals surface area contributed by atoms with Gasteiger partial charge in [-0.1, -0.05) is 12.1 Å². The predicted octanol–water partition coefficient (Wildman–Crippen LogP) is 2.08. The van der Waals surface area contributed by atoms with Crippen LogP contribution in [0.5, 0.6) is 11.7 Å². The number of ketones is 1. The van der Waals surface area contributed by atoms with Gasteiger partial charge in [0.05, 0.1) is 11.8 Å². The first kappa shape index (κ1) is 11.5. The maximum Gasteiger partial charge on any atom is 0.328 e. The van der Waals surface area contributed by atoms with Gasteiger partial charge in [-0.05, 0) is 18.2 Å². The van der Waals surface area contributed by atoms with Crippen LogP contribution in [0, 0.1) is 5.92 Å². The highest BCUT2D eigenvalue weighted by Gasteiger charge is 2.35. The lowest BCUT2D eigenvalue weighted by Crippen LogP contribution is -2.36. The molecule has 1 aliphatic heterocycles. The van der Waals surface area contributed by atoms with Gasteiger partial charge < -0.3 is 13.9 Å². The number of benzene rings is 1. The van der Waals surface area contributed by atoms with Gasteiger partial charge in [-0.3, -0.25) is 9.59 Å². The van der Waals surface area contributed by atoms with E-state index in [1.807, 2.05) is 0 Å². The number of fused-ring (bicyclic) bond motifs is 1. The second kappa shape index (κ2) is 4.61. The Morgan fingerprint density at radius 1 is 1.21 bits per heavy atom. The van der Waals surface area contributed by atoms with Crippen molar-refractivity contribution < 1.29 is 23.5 Å². The van der Waals surface area contributed by atoms with E-state index in [9.17, 15) is 9.59 Å². The van der Waals surface area contributed by atoms with Gasteiger partial charge in [0.1, 0.15) is 12.4 Å². The largest absolute Gasteiger partial charge is 0.491 e. The molecule has 0 amide bonds. The van der Waals surface area contributed by atoms with Crippen molar-refractivity contribution in [2.45, 2.75) is 0 Å². The fraction of sp³-hybridized carbons (Fsp3) is 0.143. The van der Waals surface area contributed by atoms with E-state index in [4.69, 9.17) is 13.9 Å². The molecule has 5 nitrogen and oxygen atoms in total. The van der Waals surface area contributed by atoms with Gasteiger partial charge in [-0.2, -0.15) is 0 Å². The minimum Gasteiger partial charge on any atom is -0.491 e. The third-order valence-electron chi connectivity index (χ3n) is 2.86. The van der Waals surface area contributed by atoms with Gasteiger partial charge in [0.25, 0.3) is 5.95 Å². The highest BCUT2D eigenvalue weighted by Crippen LogP contribution is 2.27. The molecule has 3 rings (SSSR count). The summed E-state index contributed by atoms with van der Waals surface area (Å²) in [6.45, 7) is -0.0185. The van der Waals surface area contributed by atoms with Crippen molar-refractivity contribution in [2.24, 2.45) is 5.92 Å². The summed E-state index contributed by atoms with van der Waals surface area (Å²) in [7, 11) is 0. The monoisotopic (exact) mass is 258 g/mol. The smallest absolute Gasteiger partial charge is 0.328 e. The number of hydrogen-bond donors (Lipinski definition) is 0. The average Bonchev–Trinajstić information content (AvgIpc) is 2.92. The van der Waals surface area contributed by atoms with Crippen LogP contribution in [-0.2, 0) is 4.79 Å². The minimum atomic E-state index is -0.958. The Morgan fingerprint density at radius 3 is 2.84 bits per heavy atom. The Kier molecular flexibility index (Phi) is 2.79. The van der Waals surface area contributed by atoms with E-state index in [0.717, 1.165) is 0 Å². The Labute approximate surface area is 108 Å². The Hall–Kier alpha value is -2.56. The van der Waals surface area contributed by atoms with E-state index in [2.05, 4.69) is 0 Å². The van der Waals surface area contributed by atoms with Crippen LogP contribution in [0.1, 0.15) is 10.4 Å². The van der Waals surface area contributed by atoms with Gasteiger partial charge >= 0.3 is 5.97 Å². The van der Waals surface area contributed by atoms with Crippen LogP contribution in [0.2, 0.25) is 0 Å². The van der Waals surface area contributed by atoms with E-state index < -0.39 is 11.9 Å². The van der Waals surface area contributed by atoms with Crippen molar-refractivity contribution in [1.29, 1.82) is 0 Å². The summed E-state index contributed by atoms with van der Waals surface area (Å²) >= 11 is 0. The molecule has 19 heavy (non-hydrogen) atoms. The minimum absolute atomic E-state index is 0.0185. The molecular weight excluding hydrogens is 248 g/mol. The highest BCUT2D eigenvalue weighted by atomic mass is 16.6. The molecule has 0 spiro atoms. The van der Waals surface area contributed by atoms with Crippen molar-refractivity contribution in [3.63, 3.8) is 0 Å². The first-order chi connectivity index (χ1) is 9.25. The summed E-state index contributed by atoms with van der Waals surface area (Å²) in [5.41, 5.74) is 0.398. The van der Waals surface area contributed by atoms with Gasteiger partial charge in [-0.25, -0.2) is 0 Å². The van der Waals surface area contributed by atoms with E-state index in [1.165, 1.54) is 12.3 Å². The summed E-state index contributed by atoms with van der Waals surface area (Å²) < 4.78 is 15.3. The van der Waals surface area contributed by atoms with Crippen LogP contribution >= 0.6 is 0 Å². The summed E-state index contributed by atoms with van der Waals surface area (Å²) in [6, 6.07) is 9.91. The van der Waals surface area contributed by atoms with Gasteiger partial charge in [0.2, 0.25) is 0 Å². The molecule has 0 aliphatic carbocycles. The Morgan fingerprint density at radius 2 is 2.05 bits per heavy atom. The quantitative estimate of drug-likeness (QED) is 0.609. The van der Waals surface area contributed by atoms with Crippen LogP contribution in [0.25, 0.3) is 0 Å². The molecule has 1 aromatic carbocycles. The van der Waals surface area contributed by atoms with Crippen LogP contribution < -0.4 is 9.47 Å². The normalized spacial score (nSPS) is 17.5. The number of para-hydroxylation sites is 1. The second-order valence-corrected chi connectivity index (χ2v) is 4.08. The van der Waals surface area contributed by atoms with Crippen LogP contribution in [-0.4, -0.2) is 18.4 Å². The number of carbonyl (C=O) groups is 2. The maximum absolute atomic E-state index is 12.2. The number of furan rings is 1. The first-order valence-electron chi connectivity index (χ1n) is 5.77. The zero-order valence-corrected chi connectivity index (χ0v) is 9.87. The lowest BCUT2D eigenvalue weighted by molar-refractivity contribution is -0.139. The molecule has 1 aliphatic rings. The number of rotatable bonds is 2. The third kappa shape index (κ3) is 2.10. The maximum atomic E-state index is 12.2. The van der Waals surface area contributed by atoms with Crippen molar-refractivity contribution in [3.8, 4) is 11.7 Å². The van der Waals surface area contributed by atoms with Crippen molar-refractivity contribution in [1.82, 2.24) is 0 Å². The molecule has 0 saturated carbocycles. The van der Waals surface area contributed by atoms with Crippen molar-refractivity contribution in [3.05, 3.63) is 48.2 Å². The number of esters is 1. The second-order valence-electron chi connectivity index (χ2n) is 4.08. The molecule has 0 N–H and O–H groups in total. The van der Waals surface area contributed by atoms with Crippen molar-refractivity contribution in [2.75, 3.05) is 6.61 Å². The summed E-state index contributed by atoms with van der Waals surface area (Å²) in [4.78, 5) is 24.1. The molecule has 5 heteroatoms. The molecule has 0 bridgehead atoms. The topological polar surface area (TPSA) is 65.7 Å². The van der Waals surface area contributed by atoms with E-state index in [-0.39, 0.29) is 18.3 Å². The predicted molar refractivity (Wildman–Crippen MR) is 64.1 cm³/mol. The van der Waals surface area contributed by atoms with E-state index in [0.29, 0.717) is 11.3 Å². The number of Topliss-reactive ketones (excluding diaryl/α,β-unsaturated/α-hetero) is 1. The van der Waals surface area contributed by atoms with Crippen LogP contribution in [0.4, 0.5) is 0 Å². The molecule has 96 valence electrons. The Balaban J connectivity index is 1.80. The lowest BCUT2D eigenvalue weighted by atomic mass is 9.95.